The second kappa shape index (κ2) is 8.01. The number of hydrogen-bond donors (Lipinski definition) is 3. The molecule has 1 aliphatic heterocycles. The number of nitro benzene ring substituents is 1. The quantitative estimate of drug-likeness (QED) is 0.418. The van der Waals surface area contributed by atoms with Crippen LogP contribution in [0.1, 0.15) is 24.8 Å². The van der Waals surface area contributed by atoms with E-state index < -0.39 is 16.1 Å². The highest BCUT2D eigenvalue weighted by atomic mass is 16.6. The summed E-state index contributed by atoms with van der Waals surface area (Å²) in [6.45, 7) is 3.24. The average molecular weight is 426 g/mol. The standard InChI is InChI=1S/C22H22N2O7/c1-2-23-7-6-14(15(23)11-25)20-16(26)9-17(27)21-18(28)10-19(31-22(20)21)12-4-3-5-13(8-12)24(29)30/h3-5,8-10,14-15,25-27H,2,6-7,11H2,1H3/t14-,15+/m1/s1. The third kappa shape index (κ3) is 3.51. The summed E-state index contributed by atoms with van der Waals surface area (Å²) in [5, 5.41) is 42.0. The van der Waals surface area contributed by atoms with E-state index in [1.165, 1.54) is 24.3 Å². The van der Waals surface area contributed by atoms with Crippen LogP contribution < -0.4 is 5.43 Å². The predicted octanol–water partition coefficient (Wildman–Crippen LogP) is 2.95. The summed E-state index contributed by atoms with van der Waals surface area (Å²) in [6.07, 6.45) is 0.622. The van der Waals surface area contributed by atoms with E-state index in [9.17, 15) is 30.2 Å². The summed E-state index contributed by atoms with van der Waals surface area (Å²) in [5.74, 6) is -0.887. The van der Waals surface area contributed by atoms with E-state index in [0.29, 0.717) is 30.6 Å². The summed E-state index contributed by atoms with van der Waals surface area (Å²) >= 11 is 0. The lowest BCUT2D eigenvalue weighted by Crippen LogP contribution is -2.35. The summed E-state index contributed by atoms with van der Waals surface area (Å²) in [5.41, 5.74) is -0.0104. The highest BCUT2D eigenvalue weighted by molar-refractivity contribution is 5.89. The Morgan fingerprint density at radius 3 is 2.68 bits per heavy atom. The number of fused-ring (bicyclic) bond motifs is 1. The maximum atomic E-state index is 12.9. The van der Waals surface area contributed by atoms with Gasteiger partial charge >= 0.3 is 0 Å². The second-order valence-electron chi connectivity index (χ2n) is 7.59. The van der Waals surface area contributed by atoms with Crippen molar-refractivity contribution in [2.45, 2.75) is 25.3 Å². The molecule has 2 aromatic carbocycles. The molecule has 3 aromatic rings. The van der Waals surface area contributed by atoms with Gasteiger partial charge in [0.2, 0.25) is 0 Å². The first-order chi connectivity index (χ1) is 14.8. The maximum absolute atomic E-state index is 12.9. The summed E-state index contributed by atoms with van der Waals surface area (Å²) in [6, 6.07) is 7.67. The molecule has 2 heterocycles. The Kier molecular flexibility index (Phi) is 5.38. The van der Waals surface area contributed by atoms with Gasteiger partial charge in [-0.2, -0.15) is 0 Å². The van der Waals surface area contributed by atoms with E-state index in [2.05, 4.69) is 4.90 Å². The van der Waals surface area contributed by atoms with Gasteiger partial charge in [0.15, 0.2) is 5.43 Å². The highest BCUT2D eigenvalue weighted by Crippen LogP contribution is 2.44. The van der Waals surface area contributed by atoms with Gasteiger partial charge < -0.3 is 19.7 Å². The number of likely N-dealkylation sites (N-methyl/N-ethyl adjacent to an activating group) is 1. The molecule has 0 bridgehead atoms. The minimum atomic E-state index is -0.546. The van der Waals surface area contributed by atoms with Gasteiger partial charge in [0, 0.05) is 47.4 Å². The molecule has 4 rings (SSSR count). The highest BCUT2D eigenvalue weighted by Gasteiger charge is 2.37. The number of likely N-dealkylation sites (tertiary alicyclic amines) is 1. The van der Waals surface area contributed by atoms with E-state index >= 15 is 0 Å². The van der Waals surface area contributed by atoms with Crippen LogP contribution in [-0.2, 0) is 0 Å². The van der Waals surface area contributed by atoms with Crippen LogP contribution in [0.2, 0.25) is 0 Å². The Morgan fingerprint density at radius 1 is 1.23 bits per heavy atom. The maximum Gasteiger partial charge on any atom is 0.270 e. The third-order valence-electron chi connectivity index (χ3n) is 5.96. The van der Waals surface area contributed by atoms with Crippen molar-refractivity contribution in [2.75, 3.05) is 19.7 Å². The number of phenols is 2. The number of hydrogen-bond acceptors (Lipinski definition) is 8. The first-order valence-corrected chi connectivity index (χ1v) is 9.98. The van der Waals surface area contributed by atoms with Gasteiger partial charge in [-0.05, 0) is 19.5 Å². The molecule has 1 aliphatic rings. The molecule has 9 nitrogen and oxygen atoms in total. The fraction of sp³-hybridized carbons (Fsp3) is 0.318. The molecule has 0 aliphatic carbocycles. The van der Waals surface area contributed by atoms with Crippen LogP contribution in [-0.4, -0.2) is 50.9 Å². The Morgan fingerprint density at radius 2 is 2.00 bits per heavy atom. The lowest BCUT2D eigenvalue weighted by molar-refractivity contribution is -0.384. The van der Waals surface area contributed by atoms with Crippen LogP contribution in [0, 0.1) is 10.1 Å². The number of aliphatic hydroxyl groups excluding tert-OH is 1. The van der Waals surface area contributed by atoms with Gasteiger partial charge in [-0.15, -0.1) is 0 Å². The van der Waals surface area contributed by atoms with Crippen molar-refractivity contribution >= 4 is 16.7 Å². The topological polar surface area (TPSA) is 137 Å². The Hall–Kier alpha value is -3.43. The molecular formula is C22H22N2O7. The minimum absolute atomic E-state index is 0.0212. The van der Waals surface area contributed by atoms with Gasteiger partial charge in [0.05, 0.1) is 11.5 Å². The molecule has 3 N–H and O–H groups in total. The van der Waals surface area contributed by atoms with Crippen LogP contribution in [0.25, 0.3) is 22.3 Å². The van der Waals surface area contributed by atoms with E-state index in [1.807, 2.05) is 6.92 Å². The van der Waals surface area contributed by atoms with Crippen LogP contribution in [0.5, 0.6) is 11.5 Å². The van der Waals surface area contributed by atoms with E-state index in [4.69, 9.17) is 4.42 Å². The second-order valence-corrected chi connectivity index (χ2v) is 7.59. The van der Waals surface area contributed by atoms with Gasteiger partial charge in [0.1, 0.15) is 28.2 Å². The van der Waals surface area contributed by atoms with E-state index in [-0.39, 0.29) is 46.7 Å². The normalized spacial score (nSPS) is 19.2. The molecule has 1 saturated heterocycles. The Labute approximate surface area is 176 Å². The lowest BCUT2D eigenvalue weighted by Gasteiger charge is -2.26. The Bertz CT molecular complexity index is 1220. The number of phenolic OH excluding ortho intramolecular Hbond substituents is 2. The van der Waals surface area contributed by atoms with E-state index in [0.717, 1.165) is 6.07 Å². The van der Waals surface area contributed by atoms with Crippen molar-refractivity contribution in [2.24, 2.45) is 0 Å². The number of nitro groups is 1. The predicted molar refractivity (Wildman–Crippen MR) is 113 cm³/mol. The van der Waals surface area contributed by atoms with Crippen LogP contribution >= 0.6 is 0 Å². The third-order valence-corrected chi connectivity index (χ3v) is 5.96. The monoisotopic (exact) mass is 426 g/mol. The number of aromatic hydroxyl groups is 2. The molecular weight excluding hydrogens is 404 g/mol. The summed E-state index contributed by atoms with van der Waals surface area (Å²) in [4.78, 5) is 25.5. The van der Waals surface area contributed by atoms with Crippen molar-refractivity contribution in [3.8, 4) is 22.8 Å². The molecule has 9 heteroatoms. The zero-order valence-electron chi connectivity index (χ0n) is 16.8. The molecule has 0 amide bonds. The lowest BCUT2D eigenvalue weighted by atomic mass is 9.89. The van der Waals surface area contributed by atoms with Crippen LogP contribution in [0.15, 0.2) is 45.6 Å². The van der Waals surface area contributed by atoms with Crippen molar-refractivity contribution < 1.29 is 24.7 Å². The fourth-order valence-corrected chi connectivity index (χ4v) is 4.48. The molecule has 2 atom stereocenters. The smallest absolute Gasteiger partial charge is 0.270 e. The van der Waals surface area contributed by atoms with Crippen LogP contribution in [0.4, 0.5) is 5.69 Å². The van der Waals surface area contributed by atoms with E-state index in [1.54, 1.807) is 6.07 Å². The van der Waals surface area contributed by atoms with Gasteiger partial charge in [-0.3, -0.25) is 19.8 Å². The zero-order valence-corrected chi connectivity index (χ0v) is 16.8. The summed E-state index contributed by atoms with van der Waals surface area (Å²) < 4.78 is 5.99. The largest absolute Gasteiger partial charge is 0.507 e. The van der Waals surface area contributed by atoms with Gasteiger partial charge in [-0.25, -0.2) is 0 Å². The molecule has 0 unspecified atom stereocenters. The molecule has 1 aromatic heterocycles. The molecule has 0 spiro atoms. The fourth-order valence-electron chi connectivity index (χ4n) is 4.48. The first kappa shape index (κ1) is 20.8. The Balaban J connectivity index is 1.97. The first-order valence-electron chi connectivity index (χ1n) is 9.98. The number of non-ortho nitro benzene ring substituents is 1. The summed E-state index contributed by atoms with van der Waals surface area (Å²) in [7, 11) is 0. The van der Waals surface area contributed by atoms with Gasteiger partial charge in [-0.1, -0.05) is 19.1 Å². The average Bonchev–Trinajstić information content (AvgIpc) is 3.15. The number of benzene rings is 2. The molecule has 31 heavy (non-hydrogen) atoms. The number of rotatable bonds is 5. The molecule has 162 valence electrons. The molecule has 0 radical (unpaired) electrons. The van der Waals surface area contributed by atoms with Crippen molar-refractivity contribution in [1.29, 1.82) is 0 Å². The molecule has 1 fully saturated rings. The van der Waals surface area contributed by atoms with Crippen LogP contribution in [0.3, 0.4) is 0 Å². The van der Waals surface area contributed by atoms with Crippen molar-refractivity contribution in [1.82, 2.24) is 4.90 Å². The minimum Gasteiger partial charge on any atom is -0.507 e. The number of nitrogens with zero attached hydrogens (tertiary/aromatic N) is 2. The zero-order chi connectivity index (χ0) is 22.3. The molecule has 0 saturated carbocycles. The van der Waals surface area contributed by atoms with Crippen molar-refractivity contribution in [3.63, 3.8) is 0 Å². The van der Waals surface area contributed by atoms with Crippen molar-refractivity contribution in [3.05, 3.63) is 62.3 Å². The van der Waals surface area contributed by atoms with Gasteiger partial charge in [0.25, 0.3) is 5.69 Å². The SMILES string of the molecule is CCN1CC[C@@H](c2c(O)cc(O)c3c(=O)cc(-c4cccc([N+](=O)[O-])c4)oc23)[C@@H]1CO. The number of aliphatic hydroxyl groups is 1.